The molecule has 0 heterocycles. The summed E-state index contributed by atoms with van der Waals surface area (Å²) in [5.41, 5.74) is 4.36. The Balaban J connectivity index is 2.31. The van der Waals surface area contributed by atoms with Crippen LogP contribution in [0, 0.1) is 6.92 Å². The van der Waals surface area contributed by atoms with Gasteiger partial charge in [0.15, 0.2) is 11.6 Å². The first kappa shape index (κ1) is 11.1. The fraction of sp³-hybridized carbons (Fsp3) is 0.250. The summed E-state index contributed by atoms with van der Waals surface area (Å²) in [5, 5.41) is 0. The van der Waals surface area contributed by atoms with Gasteiger partial charge in [-0.1, -0.05) is 24.3 Å². The third kappa shape index (κ3) is 1.35. The van der Waals surface area contributed by atoms with Crippen LogP contribution in [0.2, 0.25) is 0 Å². The van der Waals surface area contributed by atoms with E-state index in [4.69, 9.17) is 0 Å². The Bertz CT molecular complexity index is 645. The number of aryl methyl sites for hydroxylation is 1. The maximum absolute atomic E-state index is 12.5. The highest BCUT2D eigenvalue weighted by atomic mass is 16.1. The lowest BCUT2D eigenvalue weighted by Gasteiger charge is -2.25. The summed E-state index contributed by atoms with van der Waals surface area (Å²) in [7, 11) is 0. The maximum atomic E-state index is 12.5. The Morgan fingerprint density at radius 1 is 1.06 bits per heavy atom. The minimum Gasteiger partial charge on any atom is -0.289 e. The second-order valence-electron chi connectivity index (χ2n) is 4.94. The number of carbonyl (C=O) groups excluding carboxylic acids is 2. The molecule has 0 atom stereocenters. The van der Waals surface area contributed by atoms with Gasteiger partial charge in [0.1, 0.15) is 0 Å². The van der Waals surface area contributed by atoms with E-state index in [9.17, 15) is 9.59 Å². The molecular formula is C16H14O2. The number of rotatable bonds is 0. The monoisotopic (exact) mass is 238 g/mol. The van der Waals surface area contributed by atoms with Crippen molar-refractivity contribution < 1.29 is 9.59 Å². The van der Waals surface area contributed by atoms with Crippen LogP contribution < -0.4 is 0 Å². The van der Waals surface area contributed by atoms with Gasteiger partial charge in [-0.15, -0.1) is 0 Å². The minimum absolute atomic E-state index is 0.0109. The van der Waals surface area contributed by atoms with E-state index in [-0.39, 0.29) is 11.6 Å². The molecule has 2 nitrogen and oxygen atoms in total. The highest BCUT2D eigenvalue weighted by Gasteiger charge is 2.34. The third-order valence-electron chi connectivity index (χ3n) is 3.79. The average molecular weight is 238 g/mol. The van der Waals surface area contributed by atoms with E-state index < -0.39 is 0 Å². The van der Waals surface area contributed by atoms with E-state index in [1.807, 2.05) is 32.1 Å². The Morgan fingerprint density at radius 2 is 1.83 bits per heavy atom. The van der Waals surface area contributed by atoms with Crippen molar-refractivity contribution in [2.24, 2.45) is 0 Å². The van der Waals surface area contributed by atoms with Crippen LogP contribution in [0.15, 0.2) is 41.0 Å². The molecule has 0 unspecified atom stereocenters. The van der Waals surface area contributed by atoms with Gasteiger partial charge in [0, 0.05) is 22.3 Å². The molecule has 0 bridgehead atoms. The Morgan fingerprint density at radius 3 is 2.61 bits per heavy atom. The molecule has 0 amide bonds. The second-order valence-corrected chi connectivity index (χ2v) is 4.94. The Hall–Kier alpha value is -1.96. The molecule has 0 saturated heterocycles. The summed E-state index contributed by atoms with van der Waals surface area (Å²) in [6.45, 7) is 3.81. The predicted molar refractivity (Wildman–Crippen MR) is 69.9 cm³/mol. The second kappa shape index (κ2) is 3.77. The van der Waals surface area contributed by atoms with Gasteiger partial charge in [0.2, 0.25) is 0 Å². The van der Waals surface area contributed by atoms with Gasteiger partial charge in [-0.3, -0.25) is 9.59 Å². The molecule has 2 aliphatic carbocycles. The largest absolute Gasteiger partial charge is 0.289 e. The zero-order chi connectivity index (χ0) is 12.9. The molecule has 0 aromatic heterocycles. The van der Waals surface area contributed by atoms with Crippen LogP contribution in [-0.4, -0.2) is 11.6 Å². The van der Waals surface area contributed by atoms with Gasteiger partial charge >= 0.3 is 0 Å². The molecule has 0 N–H and O–H groups in total. The molecule has 0 fully saturated rings. The average Bonchev–Trinajstić information content (AvgIpc) is 2.35. The number of hydrogen-bond donors (Lipinski definition) is 0. The van der Waals surface area contributed by atoms with Crippen LogP contribution in [-0.2, 0) is 0 Å². The molecule has 0 spiro atoms. The van der Waals surface area contributed by atoms with Gasteiger partial charge in [0.25, 0.3) is 0 Å². The summed E-state index contributed by atoms with van der Waals surface area (Å²) < 4.78 is 0. The smallest absolute Gasteiger partial charge is 0.194 e. The quantitative estimate of drug-likeness (QED) is 0.694. The van der Waals surface area contributed by atoms with E-state index in [1.165, 1.54) is 0 Å². The van der Waals surface area contributed by atoms with Crippen molar-refractivity contribution in [2.45, 2.75) is 26.7 Å². The fourth-order valence-corrected chi connectivity index (χ4v) is 2.89. The van der Waals surface area contributed by atoms with Crippen molar-refractivity contribution >= 4 is 11.6 Å². The van der Waals surface area contributed by atoms with Gasteiger partial charge in [-0.2, -0.15) is 0 Å². The lowest BCUT2D eigenvalue weighted by molar-refractivity contribution is 0.0972. The highest BCUT2D eigenvalue weighted by Crippen LogP contribution is 2.36. The molecule has 0 aliphatic heterocycles. The van der Waals surface area contributed by atoms with Crippen LogP contribution in [0.5, 0.6) is 0 Å². The highest BCUT2D eigenvalue weighted by molar-refractivity contribution is 6.29. The Kier molecular flexibility index (Phi) is 2.34. The number of benzene rings is 1. The number of fused-ring (bicyclic) bond motifs is 1. The summed E-state index contributed by atoms with van der Waals surface area (Å²) in [6, 6.07) is 5.49. The van der Waals surface area contributed by atoms with Crippen molar-refractivity contribution in [3.8, 4) is 0 Å². The number of hydrogen-bond acceptors (Lipinski definition) is 2. The Labute approximate surface area is 106 Å². The topological polar surface area (TPSA) is 34.1 Å². The number of allylic oxidation sites excluding steroid dienone is 4. The lowest BCUT2D eigenvalue weighted by Crippen LogP contribution is -2.25. The van der Waals surface area contributed by atoms with Gasteiger partial charge in [-0.25, -0.2) is 0 Å². The van der Waals surface area contributed by atoms with Crippen molar-refractivity contribution in [2.75, 3.05) is 0 Å². The fourth-order valence-electron chi connectivity index (χ4n) is 2.89. The SMILES string of the molecule is CC1=CCCC2=C1C(=O)c1cccc(C)c1C2=O. The predicted octanol–water partition coefficient (Wildman–Crippen LogP) is 3.41. The first-order valence-electron chi connectivity index (χ1n) is 6.20. The summed E-state index contributed by atoms with van der Waals surface area (Å²) in [5.74, 6) is 0.0573. The van der Waals surface area contributed by atoms with Crippen LogP contribution in [0.25, 0.3) is 0 Å². The van der Waals surface area contributed by atoms with E-state index in [1.54, 1.807) is 6.07 Å². The third-order valence-corrected chi connectivity index (χ3v) is 3.79. The van der Waals surface area contributed by atoms with E-state index in [2.05, 4.69) is 0 Å². The first-order chi connectivity index (χ1) is 8.61. The van der Waals surface area contributed by atoms with Gasteiger partial charge in [0.05, 0.1) is 0 Å². The molecule has 1 aromatic carbocycles. The van der Waals surface area contributed by atoms with Gasteiger partial charge in [-0.05, 0) is 37.8 Å². The normalized spacial score (nSPS) is 18.4. The van der Waals surface area contributed by atoms with E-state index in [0.29, 0.717) is 28.7 Å². The zero-order valence-corrected chi connectivity index (χ0v) is 10.5. The van der Waals surface area contributed by atoms with Crippen LogP contribution in [0.3, 0.4) is 0 Å². The molecule has 0 radical (unpaired) electrons. The summed E-state index contributed by atoms with van der Waals surface area (Å²) in [4.78, 5) is 25.0. The van der Waals surface area contributed by atoms with Crippen molar-refractivity contribution in [1.29, 1.82) is 0 Å². The van der Waals surface area contributed by atoms with E-state index in [0.717, 1.165) is 17.6 Å². The van der Waals surface area contributed by atoms with Crippen LogP contribution in [0.4, 0.5) is 0 Å². The molecule has 18 heavy (non-hydrogen) atoms. The first-order valence-corrected chi connectivity index (χ1v) is 6.20. The molecule has 90 valence electrons. The molecular weight excluding hydrogens is 224 g/mol. The van der Waals surface area contributed by atoms with Gasteiger partial charge < -0.3 is 0 Å². The number of carbonyl (C=O) groups is 2. The van der Waals surface area contributed by atoms with Crippen molar-refractivity contribution in [1.82, 2.24) is 0 Å². The summed E-state index contributed by atoms with van der Waals surface area (Å²) >= 11 is 0. The van der Waals surface area contributed by atoms with E-state index >= 15 is 0 Å². The van der Waals surface area contributed by atoms with Crippen molar-refractivity contribution in [3.63, 3.8) is 0 Å². The van der Waals surface area contributed by atoms with Crippen LogP contribution in [0.1, 0.15) is 46.0 Å². The molecule has 3 rings (SSSR count). The molecule has 2 aliphatic rings. The van der Waals surface area contributed by atoms with Crippen molar-refractivity contribution in [3.05, 3.63) is 57.7 Å². The molecule has 1 aromatic rings. The standard InChI is InChI=1S/C16H14O2/c1-9-5-3-7-11-13(9)15(17)12-8-4-6-10(2)14(12)16(11)18/h3,5-7H,4,8H2,1-2H3. The van der Waals surface area contributed by atoms with Crippen LogP contribution >= 0.6 is 0 Å². The zero-order valence-electron chi connectivity index (χ0n) is 10.5. The molecule has 2 heteroatoms. The minimum atomic E-state index is 0.0109. The number of ketones is 2. The maximum Gasteiger partial charge on any atom is 0.194 e. The number of Topliss-reactive ketones (excluding diaryl/α,β-unsaturated/α-hetero) is 2. The lowest BCUT2D eigenvalue weighted by atomic mass is 9.76. The molecule has 0 saturated carbocycles. The summed E-state index contributed by atoms with van der Waals surface area (Å²) in [6.07, 6.45) is 3.58.